The van der Waals surface area contributed by atoms with Crippen LogP contribution in [0.1, 0.15) is 0 Å². The second-order valence-corrected chi connectivity index (χ2v) is 16.9. The highest BCUT2D eigenvalue weighted by atomic mass is 15.1. The van der Waals surface area contributed by atoms with Gasteiger partial charge in [-0.05, 0) is 127 Å². The zero-order valence-corrected chi connectivity index (χ0v) is 36.3. The SMILES string of the molecule is c1ccc(-c2ccc(N(c3ccc(-c4ccc(-c5cccc6ccc7c(c(-c8ccccc8)c8ccccn87)c56)cc4)cc3)c3ccc(-c4ccccc4-c4ccccc4)cc3)cc2)cc1. The van der Waals surface area contributed by atoms with Crippen LogP contribution in [0.4, 0.5) is 17.1 Å². The van der Waals surface area contributed by atoms with Crippen LogP contribution in [0.15, 0.2) is 267 Å². The van der Waals surface area contributed by atoms with Crippen molar-refractivity contribution in [3.05, 3.63) is 267 Å². The molecule has 0 N–H and O–H groups in total. The van der Waals surface area contributed by atoms with Gasteiger partial charge in [0, 0.05) is 34.2 Å². The summed E-state index contributed by atoms with van der Waals surface area (Å²) in [5.41, 5.74) is 20.2. The van der Waals surface area contributed by atoms with Crippen LogP contribution in [0.2, 0.25) is 0 Å². The molecule has 0 spiro atoms. The molecule has 0 atom stereocenters. The summed E-state index contributed by atoms with van der Waals surface area (Å²) in [6.45, 7) is 0. The van der Waals surface area contributed by atoms with Crippen LogP contribution in [-0.4, -0.2) is 4.40 Å². The molecule has 2 nitrogen and oxygen atoms in total. The van der Waals surface area contributed by atoms with E-state index >= 15 is 0 Å². The number of fused-ring (bicyclic) bond motifs is 5. The molecule has 2 heteroatoms. The van der Waals surface area contributed by atoms with E-state index in [0.717, 1.165) is 17.1 Å². The van der Waals surface area contributed by atoms with Crippen molar-refractivity contribution in [3.8, 4) is 66.8 Å². The molecule has 10 aromatic carbocycles. The van der Waals surface area contributed by atoms with Gasteiger partial charge in [0.15, 0.2) is 0 Å². The third kappa shape index (κ3) is 7.02. The van der Waals surface area contributed by atoms with Crippen LogP contribution in [0, 0.1) is 0 Å². The molecule has 12 rings (SSSR count). The Kier molecular flexibility index (Phi) is 9.89. The molecule has 66 heavy (non-hydrogen) atoms. The predicted molar refractivity (Wildman–Crippen MR) is 280 cm³/mol. The van der Waals surface area contributed by atoms with E-state index in [0.29, 0.717) is 0 Å². The molecule has 0 aliphatic carbocycles. The van der Waals surface area contributed by atoms with Gasteiger partial charge in [0.05, 0.1) is 11.0 Å². The Bertz CT molecular complexity index is 3630. The lowest BCUT2D eigenvalue weighted by molar-refractivity contribution is 1.26. The first-order valence-electron chi connectivity index (χ1n) is 22.7. The number of pyridine rings is 1. The summed E-state index contributed by atoms with van der Waals surface area (Å²) in [6.07, 6.45) is 2.18. The fourth-order valence-corrected chi connectivity index (χ4v) is 9.86. The minimum atomic E-state index is 1.09. The van der Waals surface area contributed by atoms with Crippen molar-refractivity contribution < 1.29 is 0 Å². The second-order valence-electron chi connectivity index (χ2n) is 16.9. The molecule has 2 heterocycles. The van der Waals surface area contributed by atoms with E-state index in [1.807, 2.05) is 0 Å². The lowest BCUT2D eigenvalue weighted by Crippen LogP contribution is -2.09. The summed E-state index contributed by atoms with van der Waals surface area (Å²) < 4.78 is 2.34. The summed E-state index contributed by atoms with van der Waals surface area (Å²) in [5, 5.41) is 3.80. The molecule has 2 aromatic heterocycles. The topological polar surface area (TPSA) is 7.65 Å². The van der Waals surface area contributed by atoms with Crippen molar-refractivity contribution in [2.75, 3.05) is 4.90 Å². The minimum absolute atomic E-state index is 1.09. The van der Waals surface area contributed by atoms with Gasteiger partial charge in [-0.2, -0.15) is 0 Å². The van der Waals surface area contributed by atoms with Crippen LogP contribution in [-0.2, 0) is 0 Å². The number of hydrogen-bond acceptors (Lipinski definition) is 1. The number of nitrogens with zero attached hydrogens (tertiary/aromatic N) is 2. The smallest absolute Gasteiger partial charge is 0.0541 e. The van der Waals surface area contributed by atoms with Crippen molar-refractivity contribution in [2.45, 2.75) is 0 Å². The highest BCUT2D eigenvalue weighted by Crippen LogP contribution is 2.44. The first kappa shape index (κ1) is 38.9. The number of benzene rings is 10. The van der Waals surface area contributed by atoms with Crippen LogP contribution < -0.4 is 4.90 Å². The predicted octanol–water partition coefficient (Wildman–Crippen LogP) is 17.7. The van der Waals surface area contributed by atoms with E-state index in [4.69, 9.17) is 0 Å². The Morgan fingerprint density at radius 2 is 0.652 bits per heavy atom. The van der Waals surface area contributed by atoms with Crippen molar-refractivity contribution in [3.63, 3.8) is 0 Å². The summed E-state index contributed by atoms with van der Waals surface area (Å²) in [7, 11) is 0. The second kappa shape index (κ2) is 16.8. The zero-order valence-electron chi connectivity index (χ0n) is 36.3. The molecule has 0 bridgehead atoms. The molecular formula is C64H44N2. The van der Waals surface area contributed by atoms with Crippen molar-refractivity contribution in [1.82, 2.24) is 4.40 Å². The molecule has 0 saturated carbocycles. The maximum atomic E-state index is 2.35. The lowest BCUT2D eigenvalue weighted by Gasteiger charge is -2.26. The van der Waals surface area contributed by atoms with Crippen molar-refractivity contribution >= 4 is 44.3 Å². The summed E-state index contributed by atoms with van der Waals surface area (Å²) in [5.74, 6) is 0. The Morgan fingerprint density at radius 1 is 0.242 bits per heavy atom. The van der Waals surface area contributed by atoms with E-state index in [1.165, 1.54) is 94.0 Å². The van der Waals surface area contributed by atoms with Crippen LogP contribution in [0.3, 0.4) is 0 Å². The fourth-order valence-electron chi connectivity index (χ4n) is 9.86. The summed E-state index contributed by atoms with van der Waals surface area (Å²) >= 11 is 0. The Morgan fingerprint density at radius 3 is 1.23 bits per heavy atom. The first-order valence-corrected chi connectivity index (χ1v) is 22.7. The molecule has 310 valence electrons. The molecular weight excluding hydrogens is 797 g/mol. The third-order valence-electron chi connectivity index (χ3n) is 13.0. The molecule has 0 unspecified atom stereocenters. The normalized spacial score (nSPS) is 11.3. The fraction of sp³-hybridized carbons (Fsp3) is 0. The highest BCUT2D eigenvalue weighted by Gasteiger charge is 2.19. The van der Waals surface area contributed by atoms with Gasteiger partial charge in [-0.3, -0.25) is 0 Å². The van der Waals surface area contributed by atoms with Crippen molar-refractivity contribution in [2.24, 2.45) is 0 Å². The maximum absolute atomic E-state index is 2.35. The van der Waals surface area contributed by atoms with Gasteiger partial charge in [-0.1, -0.05) is 206 Å². The molecule has 0 saturated heterocycles. The lowest BCUT2D eigenvalue weighted by atomic mass is 9.91. The summed E-state index contributed by atoms with van der Waals surface area (Å²) in [4.78, 5) is 2.35. The molecule has 0 aliphatic rings. The van der Waals surface area contributed by atoms with Gasteiger partial charge < -0.3 is 9.30 Å². The number of aromatic nitrogens is 1. The van der Waals surface area contributed by atoms with Crippen LogP contribution in [0.25, 0.3) is 94.0 Å². The van der Waals surface area contributed by atoms with Gasteiger partial charge >= 0.3 is 0 Å². The maximum Gasteiger partial charge on any atom is 0.0541 e. The Hall–Kier alpha value is -8.72. The van der Waals surface area contributed by atoms with Crippen LogP contribution in [0.5, 0.6) is 0 Å². The standard InChI is InChI=1S/C64H44N2/c1-4-15-45(16-5-1)47-30-37-54(38-31-47)66(56-41-34-50(35-42-56)58-23-11-10-22-57(58)49-17-6-2-7-18-49)55-39-32-48(33-40-55)46-26-28-51(29-27-46)59-24-14-21-53-36-43-61-64(62(53)59)63(52-19-8-3-9-20-52)60-25-12-13-44-65(60)61/h1-44H. The quantitative estimate of drug-likeness (QED) is 0.140. The Labute approximate surface area is 385 Å². The monoisotopic (exact) mass is 840 g/mol. The molecule has 12 aromatic rings. The molecule has 0 fully saturated rings. The number of rotatable bonds is 9. The summed E-state index contributed by atoms with van der Waals surface area (Å²) in [6, 6.07) is 94.5. The van der Waals surface area contributed by atoms with E-state index in [2.05, 4.69) is 276 Å². The van der Waals surface area contributed by atoms with E-state index < -0.39 is 0 Å². The van der Waals surface area contributed by atoms with Gasteiger partial charge in [0.1, 0.15) is 0 Å². The van der Waals surface area contributed by atoms with Gasteiger partial charge in [0.2, 0.25) is 0 Å². The minimum Gasteiger partial charge on any atom is -0.316 e. The highest BCUT2D eigenvalue weighted by molar-refractivity contribution is 6.22. The van der Waals surface area contributed by atoms with Gasteiger partial charge in [-0.25, -0.2) is 0 Å². The van der Waals surface area contributed by atoms with Crippen molar-refractivity contribution in [1.29, 1.82) is 0 Å². The first-order chi connectivity index (χ1) is 32.7. The molecule has 0 amide bonds. The van der Waals surface area contributed by atoms with Gasteiger partial charge in [-0.15, -0.1) is 0 Å². The zero-order chi connectivity index (χ0) is 43.8. The largest absolute Gasteiger partial charge is 0.316 e. The molecule has 0 aliphatic heterocycles. The van der Waals surface area contributed by atoms with E-state index in [9.17, 15) is 0 Å². The number of hydrogen-bond donors (Lipinski definition) is 0. The van der Waals surface area contributed by atoms with E-state index in [1.54, 1.807) is 0 Å². The van der Waals surface area contributed by atoms with Gasteiger partial charge in [0.25, 0.3) is 0 Å². The average molecular weight is 841 g/mol. The Balaban J connectivity index is 0.901. The number of anilines is 3. The molecule has 0 radical (unpaired) electrons. The third-order valence-corrected chi connectivity index (χ3v) is 13.0. The van der Waals surface area contributed by atoms with Crippen LogP contribution >= 0.6 is 0 Å². The average Bonchev–Trinajstić information content (AvgIpc) is 3.75. The van der Waals surface area contributed by atoms with E-state index in [-0.39, 0.29) is 0 Å².